The number of nitrogens with one attached hydrogen (secondary N) is 4. The van der Waals surface area contributed by atoms with Gasteiger partial charge in [-0.25, -0.2) is 14.8 Å². The van der Waals surface area contributed by atoms with Gasteiger partial charge in [0.1, 0.15) is 23.7 Å². The Morgan fingerprint density at radius 1 is 0.614 bits per heavy atom. The second-order valence-corrected chi connectivity index (χ2v) is 18.5. The number of rotatable bonds is 14. The van der Waals surface area contributed by atoms with E-state index in [1.165, 1.54) is 7.11 Å². The van der Waals surface area contributed by atoms with E-state index in [9.17, 15) is 40.7 Å². The van der Waals surface area contributed by atoms with E-state index in [2.05, 4.69) is 47.2 Å². The van der Waals surface area contributed by atoms with Crippen LogP contribution in [0.2, 0.25) is 0 Å². The Kier molecular flexibility index (Phi) is 14.3. The van der Waals surface area contributed by atoms with Crippen molar-refractivity contribution >= 4 is 67.2 Å². The predicted octanol–water partition coefficient (Wildman–Crippen LogP) is 11.7. The number of anilines is 2. The zero-order valence-electron chi connectivity index (χ0n) is 38.5. The van der Waals surface area contributed by atoms with Crippen LogP contribution < -0.4 is 21.3 Å². The number of carbonyl (C=O) groups excluding carboxylic acids is 3. The highest BCUT2D eigenvalue weighted by molar-refractivity contribution is 9.10. The smallest absolute Gasteiger partial charge is 0.390 e. The molecule has 2 heterocycles. The van der Waals surface area contributed by atoms with Gasteiger partial charge in [0.25, 0.3) is 11.8 Å². The highest BCUT2D eigenvalue weighted by Gasteiger charge is 2.29. The second kappa shape index (κ2) is 20.2. The first kappa shape index (κ1) is 49.5. The molecule has 2 amide bonds. The number of benzene rings is 5. The minimum atomic E-state index is -4.30. The number of halogens is 7. The lowest BCUT2D eigenvalue weighted by molar-refractivity contribution is -0.132. The third kappa shape index (κ3) is 11.9. The molecule has 2 fully saturated rings. The summed E-state index contributed by atoms with van der Waals surface area (Å²) in [6, 6.07) is 24.1. The number of alkyl halides is 6. The van der Waals surface area contributed by atoms with Crippen LogP contribution >= 0.6 is 15.9 Å². The molecule has 0 radical (unpaired) electrons. The summed E-state index contributed by atoms with van der Waals surface area (Å²) in [6.45, 7) is 5.01. The van der Waals surface area contributed by atoms with Crippen molar-refractivity contribution < 1.29 is 45.5 Å². The summed E-state index contributed by atoms with van der Waals surface area (Å²) in [7, 11) is 1.32. The number of hydrogen-bond acceptors (Lipinski definition) is 8. The maximum Gasteiger partial charge on any atom is 0.390 e. The largest absolute Gasteiger partial charge is 0.465 e. The van der Waals surface area contributed by atoms with Crippen molar-refractivity contribution in [3.63, 3.8) is 0 Å². The highest BCUT2D eigenvalue weighted by atomic mass is 79.9. The molecule has 19 heteroatoms. The average molecular weight is 1030 g/mol. The maximum absolute atomic E-state index is 12.9. The zero-order valence-corrected chi connectivity index (χ0v) is 40.1. The number of amides is 2. The van der Waals surface area contributed by atoms with E-state index in [0.717, 1.165) is 69.3 Å². The Balaban J connectivity index is 0.000000196. The van der Waals surface area contributed by atoms with Crippen LogP contribution in [-0.2, 0) is 4.74 Å². The first-order valence-corrected chi connectivity index (χ1v) is 23.4. The SMILES string of the molecule is COC(=O)c1ccc(-c2cc(NCCC(F)(F)F)c3ncn(-c4ccc(C(=O)NC5CC5)c(C)c4)c3c2)cc1C.Cc1cc(-n2cnc3c(NCCC(F)(F)F)cc(Br)cc32)ccc1C(=O)NC1CC1. The summed E-state index contributed by atoms with van der Waals surface area (Å²) in [4.78, 5) is 46.0. The number of fused-ring (bicyclic) bond motifs is 2. The van der Waals surface area contributed by atoms with Gasteiger partial charge in [-0.15, -0.1) is 0 Å². The van der Waals surface area contributed by atoms with Gasteiger partial charge in [0.2, 0.25) is 0 Å². The molecule has 0 atom stereocenters. The highest BCUT2D eigenvalue weighted by Crippen LogP contribution is 2.35. The van der Waals surface area contributed by atoms with Crippen molar-refractivity contribution in [3.05, 3.63) is 129 Å². The van der Waals surface area contributed by atoms with Crippen LogP contribution in [0.1, 0.15) is 86.3 Å². The van der Waals surface area contributed by atoms with Crippen LogP contribution in [0, 0.1) is 20.8 Å². The fourth-order valence-corrected chi connectivity index (χ4v) is 8.44. The first-order chi connectivity index (χ1) is 33.2. The van der Waals surface area contributed by atoms with Crippen molar-refractivity contribution in [2.75, 3.05) is 30.8 Å². The van der Waals surface area contributed by atoms with Crippen LogP contribution in [0.4, 0.5) is 37.7 Å². The minimum Gasteiger partial charge on any atom is -0.465 e. The number of ether oxygens (including phenoxy) is 1. The minimum absolute atomic E-state index is 0.0732. The molecule has 0 unspecified atom stereocenters. The Hall–Kier alpha value is -6.89. The number of carbonyl (C=O) groups is 3. The number of methoxy groups -OCH3 is 1. The molecule has 0 saturated heterocycles. The lowest BCUT2D eigenvalue weighted by Crippen LogP contribution is -2.26. The first-order valence-electron chi connectivity index (χ1n) is 22.6. The molecule has 12 nitrogen and oxygen atoms in total. The van der Waals surface area contributed by atoms with Crippen LogP contribution in [0.15, 0.2) is 96.0 Å². The van der Waals surface area contributed by atoms with Gasteiger partial charge in [0.05, 0.1) is 47.9 Å². The van der Waals surface area contributed by atoms with Crippen LogP contribution in [-0.4, -0.2) is 81.5 Å². The predicted molar refractivity (Wildman–Crippen MR) is 260 cm³/mol. The summed E-state index contributed by atoms with van der Waals surface area (Å²) in [5, 5.41) is 11.7. The molecule has 2 aliphatic carbocycles. The van der Waals surface area contributed by atoms with Crippen molar-refractivity contribution in [3.8, 4) is 22.5 Å². The van der Waals surface area contributed by atoms with Gasteiger partial charge in [0.15, 0.2) is 0 Å². The Morgan fingerprint density at radius 2 is 1.07 bits per heavy atom. The van der Waals surface area contributed by atoms with Crippen molar-refractivity contribution in [1.29, 1.82) is 0 Å². The molecule has 70 heavy (non-hydrogen) atoms. The molecule has 0 spiro atoms. The van der Waals surface area contributed by atoms with E-state index in [-0.39, 0.29) is 37.0 Å². The third-order valence-electron chi connectivity index (χ3n) is 12.0. The molecule has 5 aromatic carbocycles. The van der Waals surface area contributed by atoms with Gasteiger partial charge in [-0.1, -0.05) is 28.1 Å². The van der Waals surface area contributed by atoms with Crippen LogP contribution in [0.5, 0.6) is 0 Å². The molecule has 9 rings (SSSR count). The van der Waals surface area contributed by atoms with Gasteiger partial charge in [-0.05, 0) is 141 Å². The van der Waals surface area contributed by atoms with E-state index in [1.807, 2.05) is 65.4 Å². The monoisotopic (exact) mass is 1030 g/mol. The van der Waals surface area contributed by atoms with E-state index in [0.29, 0.717) is 50.2 Å². The fraction of sp³-hybridized carbons (Fsp3) is 0.314. The fourth-order valence-electron chi connectivity index (χ4n) is 7.99. The Bertz CT molecular complexity index is 3120. The molecule has 7 aromatic rings. The van der Waals surface area contributed by atoms with Crippen LogP contribution in [0.3, 0.4) is 0 Å². The summed E-state index contributed by atoms with van der Waals surface area (Å²) in [5.74, 6) is -0.626. The van der Waals surface area contributed by atoms with Crippen LogP contribution in [0.25, 0.3) is 44.6 Å². The van der Waals surface area contributed by atoms with E-state index < -0.39 is 31.2 Å². The van der Waals surface area contributed by atoms with E-state index in [1.54, 1.807) is 56.0 Å². The molecule has 4 N–H and O–H groups in total. The Morgan fingerprint density at radius 3 is 1.51 bits per heavy atom. The molecule has 366 valence electrons. The van der Waals surface area contributed by atoms with Gasteiger partial charge in [-0.3, -0.25) is 18.7 Å². The zero-order chi connectivity index (χ0) is 50.1. The molecule has 2 aromatic heterocycles. The normalized spacial score (nSPS) is 13.7. The molecule has 2 aliphatic rings. The van der Waals surface area contributed by atoms with Gasteiger partial charge >= 0.3 is 18.3 Å². The summed E-state index contributed by atoms with van der Waals surface area (Å²) >= 11 is 3.42. The Labute approximate surface area is 407 Å². The number of nitrogens with zero attached hydrogens (tertiary/aromatic N) is 4. The molecule has 0 aliphatic heterocycles. The second-order valence-electron chi connectivity index (χ2n) is 17.5. The van der Waals surface area contributed by atoms with Gasteiger partial charge < -0.3 is 26.0 Å². The number of esters is 1. The van der Waals surface area contributed by atoms with Gasteiger partial charge in [-0.2, -0.15) is 26.3 Å². The molecular weight excluding hydrogens is 983 g/mol. The van der Waals surface area contributed by atoms with E-state index in [4.69, 9.17) is 4.74 Å². The van der Waals surface area contributed by atoms with E-state index >= 15 is 0 Å². The summed E-state index contributed by atoms with van der Waals surface area (Å²) in [5.41, 5.74) is 10.6. The standard InChI is InChI=1S/C30H29F3N4O3.C21H20BrF3N4O/c1-17-12-19(4-8-24(17)29(39)40-3)20-14-25(34-11-10-30(31,32)33)27-26(15-20)37(16-35-27)22-7-9-23(18(2)13-22)28(38)36-21-5-6-21;1-12-8-15(4-5-16(12)20(30)28-14-2-3-14)29-11-27-19-17(9-13(22)10-18(19)29)26-7-6-21(23,24)25/h4,7-9,12-16,21,34H,5-6,10-11H2,1-3H3,(H,36,38);4-5,8-11,14,26H,2-3,6-7H2,1H3,(H,28,30). The lowest BCUT2D eigenvalue weighted by Gasteiger charge is -2.14. The molecule has 0 bridgehead atoms. The lowest BCUT2D eigenvalue weighted by atomic mass is 9.98. The van der Waals surface area contributed by atoms with Crippen molar-refractivity contribution in [2.24, 2.45) is 0 Å². The maximum atomic E-state index is 12.9. The number of aromatic nitrogens is 4. The average Bonchev–Trinajstić information content (AvgIpc) is 4.21. The summed E-state index contributed by atoms with van der Waals surface area (Å²) in [6.07, 6.45) is -3.14. The van der Waals surface area contributed by atoms with Crippen molar-refractivity contribution in [1.82, 2.24) is 29.7 Å². The topological polar surface area (TPSA) is 144 Å². The van der Waals surface area contributed by atoms with Gasteiger partial charge in [0, 0.05) is 52.1 Å². The quantitative estimate of drug-likeness (QED) is 0.0623. The number of imidazole rings is 2. The number of aryl methyl sites for hydroxylation is 3. The van der Waals surface area contributed by atoms with Crippen molar-refractivity contribution in [2.45, 2.75) is 83.7 Å². The molecular formula is C51H49BrF6N8O4. The summed E-state index contributed by atoms with van der Waals surface area (Å²) < 4.78 is 85.4. The number of hydrogen-bond donors (Lipinski definition) is 4. The third-order valence-corrected chi connectivity index (χ3v) is 12.4. The molecule has 2 saturated carbocycles.